The second kappa shape index (κ2) is 8.37. The van der Waals surface area contributed by atoms with Gasteiger partial charge < -0.3 is 5.32 Å². The fourth-order valence-corrected chi connectivity index (χ4v) is 2.86. The molecule has 0 saturated carbocycles. The molecule has 0 fully saturated rings. The van der Waals surface area contributed by atoms with Gasteiger partial charge in [0, 0.05) is 30.3 Å². The Labute approximate surface area is 151 Å². The van der Waals surface area contributed by atoms with Gasteiger partial charge in [-0.25, -0.2) is 8.42 Å². The molecule has 0 saturated heterocycles. The van der Waals surface area contributed by atoms with Crippen molar-refractivity contribution in [1.29, 1.82) is 0 Å². The number of amides is 1. The minimum Gasteiger partial charge on any atom is -0.325 e. The van der Waals surface area contributed by atoms with Crippen LogP contribution in [0.3, 0.4) is 0 Å². The first-order valence-electron chi connectivity index (χ1n) is 7.52. The van der Waals surface area contributed by atoms with Gasteiger partial charge in [-0.3, -0.25) is 14.9 Å². The molecule has 136 valence electrons. The summed E-state index contributed by atoms with van der Waals surface area (Å²) in [6.45, 7) is -0.426. The van der Waals surface area contributed by atoms with Gasteiger partial charge in [0.1, 0.15) is 0 Å². The van der Waals surface area contributed by atoms with E-state index in [2.05, 4.69) is 5.32 Å². The fourth-order valence-electron chi connectivity index (χ4n) is 2.02. The van der Waals surface area contributed by atoms with E-state index in [1.54, 1.807) is 24.3 Å². The molecule has 0 unspecified atom stereocenters. The quantitative estimate of drug-likeness (QED) is 0.590. The molecular weight excluding hydrogens is 358 g/mol. The van der Waals surface area contributed by atoms with Crippen molar-refractivity contribution in [1.82, 2.24) is 4.31 Å². The Hall–Kier alpha value is -3.04. The molecule has 8 nitrogen and oxygen atoms in total. The highest BCUT2D eigenvalue weighted by atomic mass is 32.2. The van der Waals surface area contributed by atoms with Crippen molar-refractivity contribution in [3.05, 3.63) is 75.7 Å². The lowest BCUT2D eigenvalue weighted by molar-refractivity contribution is -0.384. The molecule has 1 amide bonds. The lowest BCUT2D eigenvalue weighted by Crippen LogP contribution is -2.33. The highest BCUT2D eigenvalue weighted by molar-refractivity contribution is 7.92. The highest BCUT2D eigenvalue weighted by Gasteiger charge is 2.18. The largest absolute Gasteiger partial charge is 0.325 e. The van der Waals surface area contributed by atoms with Crippen LogP contribution in [0.15, 0.2) is 60.0 Å². The van der Waals surface area contributed by atoms with Crippen molar-refractivity contribution < 1.29 is 18.1 Å². The number of benzene rings is 2. The third-order valence-corrected chi connectivity index (χ3v) is 4.85. The van der Waals surface area contributed by atoms with Crippen LogP contribution in [-0.2, 0) is 14.8 Å². The van der Waals surface area contributed by atoms with E-state index in [0.29, 0.717) is 5.56 Å². The van der Waals surface area contributed by atoms with Crippen LogP contribution in [0.25, 0.3) is 6.08 Å². The summed E-state index contributed by atoms with van der Waals surface area (Å²) in [7, 11) is -2.51. The van der Waals surface area contributed by atoms with E-state index in [-0.39, 0.29) is 11.4 Å². The number of nitrogens with zero attached hydrogens (tertiary/aromatic N) is 2. The minimum atomic E-state index is -3.78. The average Bonchev–Trinajstić information content (AvgIpc) is 2.61. The number of anilines is 1. The lowest BCUT2D eigenvalue weighted by atomic mass is 10.2. The van der Waals surface area contributed by atoms with Gasteiger partial charge in [0.2, 0.25) is 15.9 Å². The third-order valence-electron chi connectivity index (χ3n) is 3.37. The number of nitro benzene ring substituents is 1. The molecular formula is C17H17N3O5S. The summed E-state index contributed by atoms with van der Waals surface area (Å²) in [4.78, 5) is 22.2. The highest BCUT2D eigenvalue weighted by Crippen LogP contribution is 2.17. The maximum absolute atomic E-state index is 12.2. The summed E-state index contributed by atoms with van der Waals surface area (Å²) in [5.74, 6) is -0.607. The van der Waals surface area contributed by atoms with Crippen LogP contribution in [0.2, 0.25) is 0 Å². The third kappa shape index (κ3) is 5.50. The average molecular weight is 375 g/mol. The SMILES string of the molecule is CN(CC(=O)Nc1cccc([N+](=O)[O-])c1)S(=O)(=O)/C=C/c1ccccc1. The normalized spacial score (nSPS) is 11.6. The Morgan fingerprint density at radius 1 is 1.19 bits per heavy atom. The Balaban J connectivity index is 2.00. The summed E-state index contributed by atoms with van der Waals surface area (Å²) >= 11 is 0. The first-order chi connectivity index (χ1) is 12.3. The molecule has 0 aliphatic rings. The summed E-state index contributed by atoms with van der Waals surface area (Å²) in [5.41, 5.74) is 0.759. The van der Waals surface area contributed by atoms with Gasteiger partial charge >= 0.3 is 0 Å². The van der Waals surface area contributed by atoms with Crippen molar-refractivity contribution in [3.63, 3.8) is 0 Å². The number of non-ortho nitro benzene ring substituents is 1. The number of hydrogen-bond acceptors (Lipinski definition) is 5. The summed E-state index contributed by atoms with van der Waals surface area (Å²) in [5, 5.41) is 14.2. The van der Waals surface area contributed by atoms with E-state index in [4.69, 9.17) is 0 Å². The predicted octanol–water partition coefficient (Wildman–Crippen LogP) is 2.47. The molecule has 1 N–H and O–H groups in total. The lowest BCUT2D eigenvalue weighted by Gasteiger charge is -2.14. The zero-order valence-electron chi connectivity index (χ0n) is 13.9. The first-order valence-corrected chi connectivity index (χ1v) is 9.02. The van der Waals surface area contributed by atoms with Crippen LogP contribution in [0.5, 0.6) is 0 Å². The Morgan fingerprint density at radius 2 is 1.88 bits per heavy atom. The van der Waals surface area contributed by atoms with E-state index in [9.17, 15) is 23.3 Å². The van der Waals surface area contributed by atoms with Crippen LogP contribution in [0, 0.1) is 10.1 Å². The van der Waals surface area contributed by atoms with Crippen molar-refractivity contribution in [2.24, 2.45) is 0 Å². The molecule has 0 radical (unpaired) electrons. The number of nitrogens with one attached hydrogen (secondary N) is 1. The molecule has 0 aromatic heterocycles. The summed E-state index contributed by atoms with van der Waals surface area (Å²) < 4.78 is 25.3. The van der Waals surface area contributed by atoms with Crippen molar-refractivity contribution in [3.8, 4) is 0 Å². The molecule has 0 heterocycles. The van der Waals surface area contributed by atoms with Gasteiger partial charge in [0.05, 0.1) is 11.5 Å². The zero-order chi connectivity index (χ0) is 19.2. The molecule has 0 aliphatic heterocycles. The second-order valence-electron chi connectivity index (χ2n) is 5.37. The minimum absolute atomic E-state index is 0.172. The Kier molecular flexibility index (Phi) is 6.21. The van der Waals surface area contributed by atoms with Crippen LogP contribution in [0.4, 0.5) is 11.4 Å². The monoisotopic (exact) mass is 375 g/mol. The van der Waals surface area contributed by atoms with E-state index in [0.717, 1.165) is 9.71 Å². The number of carbonyl (C=O) groups excluding carboxylic acids is 1. The molecule has 0 spiro atoms. The molecule has 2 rings (SSSR count). The van der Waals surface area contributed by atoms with Crippen LogP contribution < -0.4 is 5.32 Å². The molecule has 9 heteroatoms. The van der Waals surface area contributed by atoms with Crippen molar-refractivity contribution in [2.75, 3.05) is 18.9 Å². The van der Waals surface area contributed by atoms with E-state index in [1.807, 2.05) is 6.07 Å². The summed E-state index contributed by atoms with van der Waals surface area (Å²) in [6, 6.07) is 14.3. The van der Waals surface area contributed by atoms with Gasteiger partial charge in [-0.2, -0.15) is 4.31 Å². The second-order valence-corrected chi connectivity index (χ2v) is 7.30. The first kappa shape index (κ1) is 19.3. The standard InChI is InChI=1S/C17H17N3O5S/c1-19(26(24,25)11-10-14-6-3-2-4-7-14)13-17(21)18-15-8-5-9-16(12-15)20(22)23/h2-12H,13H2,1H3,(H,18,21)/b11-10+. The molecule has 2 aromatic rings. The zero-order valence-corrected chi connectivity index (χ0v) is 14.7. The van der Waals surface area contributed by atoms with Crippen molar-refractivity contribution >= 4 is 33.4 Å². The maximum atomic E-state index is 12.2. The smallest absolute Gasteiger partial charge is 0.271 e. The fraction of sp³-hybridized carbons (Fsp3) is 0.118. The topological polar surface area (TPSA) is 110 Å². The molecule has 0 bridgehead atoms. The van der Waals surface area contributed by atoms with E-state index >= 15 is 0 Å². The van der Waals surface area contributed by atoms with Gasteiger partial charge in [0.25, 0.3) is 5.69 Å². The summed E-state index contributed by atoms with van der Waals surface area (Å²) in [6.07, 6.45) is 1.43. The van der Waals surface area contributed by atoms with Gasteiger partial charge in [-0.1, -0.05) is 36.4 Å². The molecule has 2 aromatic carbocycles. The number of likely N-dealkylation sites (N-methyl/N-ethyl adjacent to an activating group) is 1. The van der Waals surface area contributed by atoms with E-state index < -0.39 is 27.4 Å². The molecule has 0 aliphatic carbocycles. The van der Waals surface area contributed by atoms with E-state index in [1.165, 1.54) is 37.4 Å². The van der Waals surface area contributed by atoms with Gasteiger partial charge in [0.15, 0.2) is 0 Å². The predicted molar refractivity (Wildman–Crippen MR) is 98.8 cm³/mol. The maximum Gasteiger partial charge on any atom is 0.271 e. The molecule has 26 heavy (non-hydrogen) atoms. The van der Waals surface area contributed by atoms with Gasteiger partial charge in [-0.15, -0.1) is 0 Å². The van der Waals surface area contributed by atoms with Crippen LogP contribution in [-0.4, -0.2) is 37.1 Å². The number of carbonyl (C=O) groups is 1. The van der Waals surface area contributed by atoms with Crippen molar-refractivity contribution in [2.45, 2.75) is 0 Å². The number of sulfonamides is 1. The van der Waals surface area contributed by atoms with Gasteiger partial charge in [-0.05, 0) is 17.7 Å². The number of hydrogen-bond donors (Lipinski definition) is 1. The molecule has 0 atom stereocenters. The Morgan fingerprint density at radius 3 is 2.54 bits per heavy atom. The number of rotatable bonds is 7. The number of nitro groups is 1. The van der Waals surface area contributed by atoms with Crippen LogP contribution >= 0.6 is 0 Å². The Bertz CT molecular complexity index is 926. The van der Waals surface area contributed by atoms with Crippen LogP contribution in [0.1, 0.15) is 5.56 Å².